The quantitative estimate of drug-likeness (QED) is 0.692. The van der Waals surface area contributed by atoms with Gasteiger partial charge in [0.1, 0.15) is 0 Å². The van der Waals surface area contributed by atoms with Gasteiger partial charge in [0.05, 0.1) is 13.0 Å². The molecule has 17 heavy (non-hydrogen) atoms. The van der Waals surface area contributed by atoms with Crippen LogP contribution < -0.4 is 0 Å². The Morgan fingerprint density at radius 2 is 2.18 bits per heavy atom. The third-order valence-electron chi connectivity index (χ3n) is 3.17. The summed E-state index contributed by atoms with van der Waals surface area (Å²) in [6.45, 7) is 3.30. The zero-order chi connectivity index (χ0) is 12.8. The number of nitrogens with zero attached hydrogens (tertiary/aromatic N) is 2. The van der Waals surface area contributed by atoms with Crippen LogP contribution in [0.5, 0.6) is 0 Å². The maximum atomic E-state index is 11.9. The molecule has 0 saturated carbocycles. The van der Waals surface area contributed by atoms with Crippen molar-refractivity contribution in [1.29, 1.82) is 0 Å². The van der Waals surface area contributed by atoms with Gasteiger partial charge in [-0.25, -0.2) is 5.06 Å². The molecule has 0 bridgehead atoms. The van der Waals surface area contributed by atoms with Gasteiger partial charge in [-0.3, -0.25) is 14.4 Å². The van der Waals surface area contributed by atoms with Gasteiger partial charge in [0.2, 0.25) is 5.91 Å². The minimum absolute atomic E-state index is 0.0403. The van der Waals surface area contributed by atoms with Crippen LogP contribution in [0.15, 0.2) is 0 Å². The Kier molecular flexibility index (Phi) is 5.41. The summed E-state index contributed by atoms with van der Waals surface area (Å²) >= 11 is 0. The summed E-state index contributed by atoms with van der Waals surface area (Å²) in [5.41, 5.74) is 0. The van der Waals surface area contributed by atoms with E-state index in [4.69, 9.17) is 4.84 Å². The number of hydrogen-bond donors (Lipinski definition) is 0. The third kappa shape index (κ3) is 3.70. The van der Waals surface area contributed by atoms with Gasteiger partial charge >= 0.3 is 0 Å². The largest absolute Gasteiger partial charge is 0.342 e. The van der Waals surface area contributed by atoms with Crippen LogP contribution in [0.4, 0.5) is 0 Å². The minimum atomic E-state index is -0.116. The molecule has 1 saturated heterocycles. The summed E-state index contributed by atoms with van der Waals surface area (Å²) in [7, 11) is 3.08. The number of hydroxylamine groups is 2. The number of carbonyl (C=O) groups excluding carboxylic acids is 2. The molecule has 1 aliphatic rings. The van der Waals surface area contributed by atoms with Crippen molar-refractivity contribution in [2.45, 2.75) is 32.6 Å². The highest BCUT2D eigenvalue weighted by molar-refractivity contribution is 5.80. The van der Waals surface area contributed by atoms with Gasteiger partial charge in [-0.1, -0.05) is 6.92 Å². The molecule has 1 aliphatic heterocycles. The van der Waals surface area contributed by atoms with E-state index in [1.807, 2.05) is 6.92 Å². The highest BCUT2D eigenvalue weighted by Crippen LogP contribution is 2.19. The summed E-state index contributed by atoms with van der Waals surface area (Å²) < 4.78 is 0. The van der Waals surface area contributed by atoms with Crippen LogP contribution >= 0.6 is 0 Å². The molecule has 0 unspecified atom stereocenters. The second-order valence-corrected chi connectivity index (χ2v) is 4.45. The van der Waals surface area contributed by atoms with E-state index in [1.165, 1.54) is 12.2 Å². The molecule has 1 atom stereocenters. The maximum Gasteiger partial charge on any atom is 0.250 e. The standard InChI is InChI=1S/C12H22N2O3/c1-4-6-11(15)14-8-5-7-10(9-14)12(16)13(2)17-3/h10H,4-9H2,1-3H3/t10-/m0/s1. The molecule has 0 aromatic rings. The molecule has 0 N–H and O–H groups in total. The van der Waals surface area contributed by atoms with Gasteiger partial charge in [-0.15, -0.1) is 0 Å². The molecule has 98 valence electrons. The van der Waals surface area contributed by atoms with Crippen molar-refractivity contribution < 1.29 is 14.4 Å². The van der Waals surface area contributed by atoms with Crippen molar-refractivity contribution in [2.75, 3.05) is 27.2 Å². The van der Waals surface area contributed by atoms with Crippen molar-refractivity contribution in [1.82, 2.24) is 9.96 Å². The number of piperidine rings is 1. The lowest BCUT2D eigenvalue weighted by molar-refractivity contribution is -0.175. The molecule has 0 aromatic heterocycles. The summed E-state index contributed by atoms with van der Waals surface area (Å²) in [6, 6.07) is 0. The van der Waals surface area contributed by atoms with Gasteiger partial charge in [0.25, 0.3) is 5.91 Å². The van der Waals surface area contributed by atoms with E-state index in [9.17, 15) is 9.59 Å². The predicted octanol–water partition coefficient (Wildman–Crippen LogP) is 1.04. The first-order valence-electron chi connectivity index (χ1n) is 6.19. The molecular formula is C12H22N2O3. The zero-order valence-electron chi connectivity index (χ0n) is 10.9. The van der Waals surface area contributed by atoms with Crippen molar-refractivity contribution in [3.63, 3.8) is 0 Å². The monoisotopic (exact) mass is 242 g/mol. The maximum absolute atomic E-state index is 11.9. The molecule has 5 heteroatoms. The fourth-order valence-corrected chi connectivity index (χ4v) is 2.12. The lowest BCUT2D eigenvalue weighted by Crippen LogP contribution is -2.45. The number of hydrogen-bond acceptors (Lipinski definition) is 3. The first-order valence-corrected chi connectivity index (χ1v) is 6.19. The number of carbonyl (C=O) groups is 2. The Bertz CT molecular complexity index is 281. The van der Waals surface area contributed by atoms with Crippen molar-refractivity contribution in [3.8, 4) is 0 Å². The number of likely N-dealkylation sites (tertiary alicyclic amines) is 1. The molecule has 1 rings (SSSR count). The van der Waals surface area contributed by atoms with Crippen LogP contribution in [0.25, 0.3) is 0 Å². The number of rotatable bonds is 4. The fraction of sp³-hybridized carbons (Fsp3) is 0.833. The van der Waals surface area contributed by atoms with Crippen molar-refractivity contribution in [2.24, 2.45) is 5.92 Å². The Balaban J connectivity index is 2.54. The minimum Gasteiger partial charge on any atom is -0.342 e. The average Bonchev–Trinajstić information content (AvgIpc) is 2.37. The lowest BCUT2D eigenvalue weighted by Gasteiger charge is -2.33. The van der Waals surface area contributed by atoms with Gasteiger partial charge in [0.15, 0.2) is 0 Å². The van der Waals surface area contributed by atoms with Crippen LogP contribution in [0.1, 0.15) is 32.6 Å². The summed E-state index contributed by atoms with van der Waals surface area (Å²) in [4.78, 5) is 30.4. The normalized spacial score (nSPS) is 20.2. The van der Waals surface area contributed by atoms with Gasteiger partial charge in [0, 0.05) is 26.6 Å². The molecule has 1 heterocycles. The van der Waals surface area contributed by atoms with Gasteiger partial charge < -0.3 is 4.90 Å². The van der Waals surface area contributed by atoms with Crippen molar-refractivity contribution in [3.05, 3.63) is 0 Å². The topological polar surface area (TPSA) is 49.9 Å². The highest BCUT2D eigenvalue weighted by atomic mass is 16.7. The molecule has 5 nitrogen and oxygen atoms in total. The van der Waals surface area contributed by atoms with E-state index in [2.05, 4.69) is 0 Å². The molecule has 0 aromatic carbocycles. The van der Waals surface area contributed by atoms with E-state index in [0.717, 1.165) is 25.8 Å². The molecular weight excluding hydrogens is 220 g/mol. The Labute approximate surface area is 103 Å². The lowest BCUT2D eigenvalue weighted by atomic mass is 9.97. The van der Waals surface area contributed by atoms with E-state index in [1.54, 1.807) is 11.9 Å². The van der Waals surface area contributed by atoms with E-state index >= 15 is 0 Å². The van der Waals surface area contributed by atoms with Crippen LogP contribution in [-0.2, 0) is 14.4 Å². The highest BCUT2D eigenvalue weighted by Gasteiger charge is 2.29. The van der Waals surface area contributed by atoms with E-state index < -0.39 is 0 Å². The summed E-state index contributed by atoms with van der Waals surface area (Å²) in [5.74, 6) is 0.000995. The smallest absolute Gasteiger partial charge is 0.250 e. The van der Waals surface area contributed by atoms with Crippen LogP contribution in [0, 0.1) is 5.92 Å². The molecule has 0 radical (unpaired) electrons. The van der Waals surface area contributed by atoms with Crippen LogP contribution in [-0.4, -0.2) is 49.0 Å². The first-order chi connectivity index (χ1) is 8.10. The number of amides is 2. The molecule has 0 aliphatic carbocycles. The Morgan fingerprint density at radius 1 is 1.47 bits per heavy atom. The molecule has 2 amide bonds. The predicted molar refractivity (Wildman–Crippen MR) is 64.0 cm³/mol. The Hall–Kier alpha value is -1.10. The fourth-order valence-electron chi connectivity index (χ4n) is 2.12. The molecule has 1 fully saturated rings. The average molecular weight is 242 g/mol. The van der Waals surface area contributed by atoms with E-state index in [0.29, 0.717) is 13.0 Å². The van der Waals surface area contributed by atoms with Crippen LogP contribution in [0.2, 0.25) is 0 Å². The summed E-state index contributed by atoms with van der Waals surface area (Å²) in [6.07, 6.45) is 3.15. The van der Waals surface area contributed by atoms with Crippen molar-refractivity contribution >= 4 is 11.8 Å². The molecule has 0 spiro atoms. The second-order valence-electron chi connectivity index (χ2n) is 4.45. The SMILES string of the molecule is CCCC(=O)N1CCC[C@H](C(=O)N(C)OC)C1. The first kappa shape index (κ1) is 14.0. The zero-order valence-corrected chi connectivity index (χ0v) is 10.9. The van der Waals surface area contributed by atoms with Gasteiger partial charge in [-0.05, 0) is 19.3 Å². The van der Waals surface area contributed by atoms with E-state index in [-0.39, 0.29) is 17.7 Å². The van der Waals surface area contributed by atoms with Crippen LogP contribution in [0.3, 0.4) is 0 Å². The summed E-state index contributed by atoms with van der Waals surface area (Å²) in [5, 5.41) is 1.25. The van der Waals surface area contributed by atoms with Gasteiger partial charge in [-0.2, -0.15) is 0 Å². The third-order valence-corrected chi connectivity index (χ3v) is 3.17. The second kappa shape index (κ2) is 6.59. The Morgan fingerprint density at radius 3 is 2.76 bits per heavy atom.